The Labute approximate surface area is 67.6 Å². The Morgan fingerprint density at radius 2 is 1.90 bits per heavy atom. The molecule has 10 heavy (non-hydrogen) atoms. The molecule has 2 rings (SSSR count). The third kappa shape index (κ3) is 0.762. The molecule has 0 unspecified atom stereocenters. The van der Waals surface area contributed by atoms with Gasteiger partial charge in [0.05, 0.1) is 21.7 Å². The fraction of sp³-hybridized carbons (Fsp3) is 0. The van der Waals surface area contributed by atoms with Crippen LogP contribution in [-0.2, 0) is 0 Å². The molecule has 0 bridgehead atoms. The monoisotopic (exact) mass is 195 g/mol. The van der Waals surface area contributed by atoms with Crippen molar-refractivity contribution in [3.8, 4) is 0 Å². The molecule has 50 valence electrons. The van der Waals surface area contributed by atoms with Gasteiger partial charge in [-0.15, -0.1) is 0 Å². The molecule has 1 nitrogen and oxygen atoms in total. The molecule has 1 aromatic carbocycles. The van der Waals surface area contributed by atoms with E-state index >= 15 is 0 Å². The quantitative estimate of drug-likeness (QED) is 0.610. The Balaban J connectivity index is 2.93. The highest BCUT2D eigenvalue weighted by atomic mass is 79.9. The van der Waals surface area contributed by atoms with Gasteiger partial charge in [0.25, 0.3) is 0 Å². The van der Waals surface area contributed by atoms with Crippen LogP contribution < -0.4 is 0 Å². The summed E-state index contributed by atoms with van der Waals surface area (Å²) in [6, 6.07) is 10.3. The van der Waals surface area contributed by atoms with Crippen LogP contribution in [0.4, 0.5) is 0 Å². The maximum absolute atomic E-state index is 3.38. The number of hydrogen-bond acceptors (Lipinski definition) is 0. The first-order valence-electron chi connectivity index (χ1n) is 3.10. The van der Waals surface area contributed by atoms with E-state index in [2.05, 4.69) is 34.3 Å². The topological polar surface area (TPSA) is 4.93 Å². The Bertz CT molecular complexity index is 351. The fourth-order valence-corrected chi connectivity index (χ4v) is 1.49. The summed E-state index contributed by atoms with van der Waals surface area (Å²) in [5.41, 5.74) is 1.21. The Morgan fingerprint density at radius 1 is 1.10 bits per heavy atom. The van der Waals surface area contributed by atoms with Gasteiger partial charge in [0.1, 0.15) is 0 Å². The van der Waals surface area contributed by atoms with Gasteiger partial charge in [-0.05, 0) is 12.1 Å². The predicted molar refractivity (Wildman–Crippen MR) is 46.3 cm³/mol. The highest BCUT2D eigenvalue weighted by molar-refractivity contribution is 9.08. The average molecular weight is 196 g/mol. The first kappa shape index (κ1) is 5.98. The first-order valence-corrected chi connectivity index (χ1v) is 3.81. The smallest absolute Gasteiger partial charge is 0.0591 e. The molecule has 0 radical (unpaired) electrons. The van der Waals surface area contributed by atoms with Gasteiger partial charge in [-0.25, -0.2) is 0 Å². The van der Waals surface area contributed by atoms with Gasteiger partial charge in [-0.3, -0.25) is 3.59 Å². The fourth-order valence-electron chi connectivity index (χ4n) is 1.05. The van der Waals surface area contributed by atoms with Crippen molar-refractivity contribution in [3.63, 3.8) is 0 Å². The largest absolute Gasteiger partial charge is 0.284 e. The highest BCUT2D eigenvalue weighted by Crippen LogP contribution is 2.16. The number of fused-ring (bicyclic) bond motifs is 1. The summed E-state index contributed by atoms with van der Waals surface area (Å²) in [6.45, 7) is 0. The Morgan fingerprint density at radius 3 is 2.70 bits per heavy atom. The number of benzene rings is 1. The zero-order valence-electron chi connectivity index (χ0n) is 5.29. The van der Waals surface area contributed by atoms with Crippen LogP contribution in [0, 0.1) is 0 Å². The van der Waals surface area contributed by atoms with Crippen molar-refractivity contribution in [1.82, 2.24) is 3.59 Å². The number of hydrogen-bond donors (Lipinski definition) is 0. The molecule has 0 amide bonds. The summed E-state index contributed by atoms with van der Waals surface area (Å²) in [5, 5.41) is 1.26. The van der Waals surface area contributed by atoms with Crippen LogP contribution in [0.15, 0.2) is 36.5 Å². The summed E-state index contributed by atoms with van der Waals surface area (Å²) in [5.74, 6) is 0. The molecule has 1 aromatic heterocycles. The predicted octanol–water partition coefficient (Wildman–Crippen LogP) is 2.80. The molecule has 0 fully saturated rings. The lowest BCUT2D eigenvalue weighted by molar-refractivity contribution is 1.39. The SMILES string of the molecule is Brn1ccc2ccccc21. The van der Waals surface area contributed by atoms with Crippen molar-refractivity contribution in [2.45, 2.75) is 0 Å². The van der Waals surface area contributed by atoms with Crippen molar-refractivity contribution in [3.05, 3.63) is 36.5 Å². The Kier molecular flexibility index (Phi) is 1.27. The second-order valence-electron chi connectivity index (χ2n) is 2.19. The molecule has 1 heterocycles. The van der Waals surface area contributed by atoms with E-state index in [1.807, 2.05) is 21.9 Å². The van der Waals surface area contributed by atoms with Gasteiger partial charge in [0.2, 0.25) is 0 Å². The van der Waals surface area contributed by atoms with Crippen molar-refractivity contribution < 1.29 is 0 Å². The average Bonchev–Trinajstić information content (AvgIpc) is 2.34. The summed E-state index contributed by atoms with van der Waals surface area (Å²) in [7, 11) is 0. The highest BCUT2D eigenvalue weighted by Gasteiger charge is 1.93. The van der Waals surface area contributed by atoms with E-state index in [1.165, 1.54) is 10.9 Å². The molecule has 0 atom stereocenters. The molecule has 0 N–H and O–H groups in total. The lowest BCUT2D eigenvalue weighted by Crippen LogP contribution is -1.71. The van der Waals surface area contributed by atoms with E-state index in [9.17, 15) is 0 Å². The summed E-state index contributed by atoms with van der Waals surface area (Å²) in [6.07, 6.45) is 1.99. The standard InChI is InChI=1S/C8H6BrN/c9-10-6-5-7-3-1-2-4-8(7)10/h1-6H. The number of nitrogens with zero attached hydrogens (tertiary/aromatic N) is 1. The van der Waals surface area contributed by atoms with Crippen LogP contribution >= 0.6 is 16.1 Å². The van der Waals surface area contributed by atoms with Crippen LogP contribution in [0.1, 0.15) is 0 Å². The van der Waals surface area contributed by atoms with Gasteiger partial charge < -0.3 is 0 Å². The molecule has 2 aromatic rings. The molecular formula is C8H6BrN. The summed E-state index contributed by atoms with van der Waals surface area (Å²) >= 11 is 3.38. The lowest BCUT2D eigenvalue weighted by Gasteiger charge is -1.89. The molecule has 0 saturated heterocycles. The van der Waals surface area contributed by atoms with Crippen LogP contribution in [0.5, 0.6) is 0 Å². The van der Waals surface area contributed by atoms with Gasteiger partial charge >= 0.3 is 0 Å². The van der Waals surface area contributed by atoms with Crippen molar-refractivity contribution >= 4 is 27.1 Å². The second-order valence-corrected chi connectivity index (χ2v) is 2.95. The lowest BCUT2D eigenvalue weighted by atomic mass is 10.3. The molecule has 0 aliphatic carbocycles. The molecule has 2 heteroatoms. The normalized spacial score (nSPS) is 10.5. The maximum atomic E-state index is 3.38. The molecule has 0 aliphatic heterocycles. The summed E-state index contributed by atoms with van der Waals surface area (Å²) < 4.78 is 1.93. The third-order valence-corrected chi connectivity index (χ3v) is 2.17. The van der Waals surface area contributed by atoms with E-state index in [0.29, 0.717) is 0 Å². The van der Waals surface area contributed by atoms with E-state index in [4.69, 9.17) is 0 Å². The van der Waals surface area contributed by atoms with Crippen molar-refractivity contribution in [1.29, 1.82) is 0 Å². The molecule has 0 aliphatic rings. The van der Waals surface area contributed by atoms with E-state index in [1.54, 1.807) is 0 Å². The van der Waals surface area contributed by atoms with Crippen LogP contribution in [-0.4, -0.2) is 3.59 Å². The molecular weight excluding hydrogens is 190 g/mol. The molecule has 0 saturated carbocycles. The Hall–Kier alpha value is -0.760. The van der Waals surface area contributed by atoms with E-state index in [-0.39, 0.29) is 0 Å². The van der Waals surface area contributed by atoms with Gasteiger partial charge in [0, 0.05) is 11.6 Å². The zero-order chi connectivity index (χ0) is 6.97. The maximum Gasteiger partial charge on any atom is 0.0591 e. The third-order valence-electron chi connectivity index (χ3n) is 1.55. The van der Waals surface area contributed by atoms with Crippen LogP contribution in [0.25, 0.3) is 10.9 Å². The first-order chi connectivity index (χ1) is 4.88. The number of halogens is 1. The minimum Gasteiger partial charge on any atom is -0.284 e. The van der Waals surface area contributed by atoms with Crippen LogP contribution in [0.2, 0.25) is 0 Å². The zero-order valence-corrected chi connectivity index (χ0v) is 6.88. The van der Waals surface area contributed by atoms with E-state index in [0.717, 1.165) is 0 Å². The van der Waals surface area contributed by atoms with Gasteiger partial charge in [-0.2, -0.15) is 0 Å². The number of aromatic nitrogens is 1. The minimum absolute atomic E-state index is 1.21. The van der Waals surface area contributed by atoms with Crippen molar-refractivity contribution in [2.24, 2.45) is 0 Å². The summed E-state index contributed by atoms with van der Waals surface area (Å²) in [4.78, 5) is 0. The number of para-hydroxylation sites is 1. The molecule has 0 spiro atoms. The van der Waals surface area contributed by atoms with Gasteiger partial charge in [-0.1, -0.05) is 18.2 Å². The van der Waals surface area contributed by atoms with Crippen LogP contribution in [0.3, 0.4) is 0 Å². The minimum atomic E-state index is 1.21. The second kappa shape index (κ2) is 2.13. The van der Waals surface area contributed by atoms with Gasteiger partial charge in [0.15, 0.2) is 0 Å². The van der Waals surface area contributed by atoms with Crippen molar-refractivity contribution in [2.75, 3.05) is 0 Å². The van der Waals surface area contributed by atoms with E-state index < -0.39 is 0 Å². The number of rotatable bonds is 0.